The summed E-state index contributed by atoms with van der Waals surface area (Å²) in [4.78, 5) is 0. The van der Waals surface area contributed by atoms with Crippen LogP contribution in [0, 0.1) is 23.7 Å². The molecule has 0 amide bonds. The first-order valence-electron chi connectivity index (χ1n) is 14.4. The predicted molar refractivity (Wildman–Crippen MR) is 136 cm³/mol. The summed E-state index contributed by atoms with van der Waals surface area (Å²) in [5.41, 5.74) is 5.10. The largest absolute Gasteiger partial charge is 0.0654 e. The monoisotopic (exact) mass is 422 g/mol. The van der Waals surface area contributed by atoms with E-state index in [0.717, 1.165) is 29.6 Å². The minimum absolute atomic E-state index is 0.856. The van der Waals surface area contributed by atoms with Crippen LogP contribution in [-0.4, -0.2) is 0 Å². The summed E-state index contributed by atoms with van der Waals surface area (Å²) in [6.07, 6.45) is 26.2. The third kappa shape index (κ3) is 6.39. The number of aryl methyl sites for hydroxylation is 1. The molecule has 0 heterocycles. The molecular weight excluding hydrogens is 372 g/mol. The Morgan fingerprint density at radius 3 is 2.29 bits per heavy atom. The van der Waals surface area contributed by atoms with E-state index in [9.17, 15) is 0 Å². The SMILES string of the molecule is CCCCCCC1CCC2CC(c3ccc4c(c3)CCC(CCCCC)C4)CCC2C1. The molecule has 0 heteroatoms. The van der Waals surface area contributed by atoms with Crippen molar-refractivity contribution in [2.75, 3.05) is 0 Å². The molecule has 0 nitrogen and oxygen atoms in total. The van der Waals surface area contributed by atoms with Gasteiger partial charge in [0.1, 0.15) is 0 Å². The minimum Gasteiger partial charge on any atom is -0.0654 e. The maximum Gasteiger partial charge on any atom is -0.0159 e. The van der Waals surface area contributed by atoms with Crippen LogP contribution in [0.5, 0.6) is 0 Å². The topological polar surface area (TPSA) is 0 Å². The summed E-state index contributed by atoms with van der Waals surface area (Å²) < 4.78 is 0. The van der Waals surface area contributed by atoms with Crippen LogP contribution in [0.4, 0.5) is 0 Å². The maximum absolute atomic E-state index is 2.65. The van der Waals surface area contributed by atoms with Crippen molar-refractivity contribution >= 4 is 0 Å². The summed E-state index contributed by atoms with van der Waals surface area (Å²) in [7, 11) is 0. The quantitative estimate of drug-likeness (QED) is 0.329. The van der Waals surface area contributed by atoms with Crippen LogP contribution >= 0.6 is 0 Å². The first-order valence-corrected chi connectivity index (χ1v) is 14.4. The van der Waals surface area contributed by atoms with Crippen LogP contribution in [0.25, 0.3) is 0 Å². The molecule has 0 radical (unpaired) electrons. The molecule has 174 valence electrons. The van der Waals surface area contributed by atoms with Gasteiger partial charge in [0, 0.05) is 0 Å². The summed E-state index contributed by atoms with van der Waals surface area (Å²) in [6.45, 7) is 4.66. The number of hydrogen-bond acceptors (Lipinski definition) is 0. The second-order valence-corrected chi connectivity index (χ2v) is 11.7. The van der Waals surface area contributed by atoms with Gasteiger partial charge in [0.25, 0.3) is 0 Å². The Morgan fingerprint density at radius 1 is 0.677 bits per heavy atom. The van der Waals surface area contributed by atoms with Gasteiger partial charge in [-0.1, -0.05) is 96.3 Å². The van der Waals surface area contributed by atoms with E-state index in [2.05, 4.69) is 32.0 Å². The van der Waals surface area contributed by atoms with Gasteiger partial charge in [0.05, 0.1) is 0 Å². The highest BCUT2D eigenvalue weighted by molar-refractivity contribution is 5.36. The van der Waals surface area contributed by atoms with Gasteiger partial charge in [-0.05, 0) is 97.6 Å². The van der Waals surface area contributed by atoms with Crippen molar-refractivity contribution in [1.82, 2.24) is 0 Å². The highest BCUT2D eigenvalue weighted by Crippen LogP contribution is 2.48. The lowest BCUT2D eigenvalue weighted by molar-refractivity contribution is 0.113. The van der Waals surface area contributed by atoms with E-state index < -0.39 is 0 Å². The van der Waals surface area contributed by atoms with Gasteiger partial charge >= 0.3 is 0 Å². The minimum atomic E-state index is 0.856. The van der Waals surface area contributed by atoms with Crippen LogP contribution in [0.2, 0.25) is 0 Å². The number of fused-ring (bicyclic) bond motifs is 2. The third-order valence-corrected chi connectivity index (χ3v) is 9.44. The van der Waals surface area contributed by atoms with E-state index in [1.165, 1.54) is 109 Å². The lowest BCUT2D eigenvalue weighted by Gasteiger charge is -2.42. The van der Waals surface area contributed by atoms with Crippen molar-refractivity contribution in [1.29, 1.82) is 0 Å². The number of rotatable bonds is 10. The Balaban J connectivity index is 1.27. The molecule has 4 rings (SSSR count). The van der Waals surface area contributed by atoms with Crippen LogP contribution in [0.3, 0.4) is 0 Å². The van der Waals surface area contributed by atoms with Crippen molar-refractivity contribution in [2.45, 2.75) is 135 Å². The van der Waals surface area contributed by atoms with Crippen molar-refractivity contribution in [2.24, 2.45) is 23.7 Å². The zero-order valence-corrected chi connectivity index (χ0v) is 20.8. The first kappa shape index (κ1) is 23.4. The summed E-state index contributed by atoms with van der Waals surface area (Å²) >= 11 is 0. The Labute approximate surface area is 194 Å². The van der Waals surface area contributed by atoms with Gasteiger partial charge in [-0.15, -0.1) is 0 Å². The van der Waals surface area contributed by atoms with E-state index in [0.29, 0.717) is 0 Å². The molecule has 0 spiro atoms. The smallest absolute Gasteiger partial charge is 0.0159 e. The highest BCUT2D eigenvalue weighted by Gasteiger charge is 2.36. The molecule has 31 heavy (non-hydrogen) atoms. The van der Waals surface area contributed by atoms with E-state index in [-0.39, 0.29) is 0 Å². The summed E-state index contributed by atoms with van der Waals surface area (Å²) in [6, 6.07) is 7.73. The molecule has 0 bridgehead atoms. The van der Waals surface area contributed by atoms with Crippen molar-refractivity contribution < 1.29 is 0 Å². The van der Waals surface area contributed by atoms with Gasteiger partial charge in [0.15, 0.2) is 0 Å². The third-order valence-electron chi connectivity index (χ3n) is 9.44. The van der Waals surface area contributed by atoms with E-state index in [1.54, 1.807) is 23.1 Å². The van der Waals surface area contributed by atoms with E-state index in [1.807, 2.05) is 0 Å². The number of hydrogen-bond donors (Lipinski definition) is 0. The Hall–Kier alpha value is -0.780. The van der Waals surface area contributed by atoms with Crippen molar-refractivity contribution in [3.63, 3.8) is 0 Å². The molecule has 0 saturated heterocycles. The summed E-state index contributed by atoms with van der Waals surface area (Å²) in [5.74, 6) is 4.96. The average Bonchev–Trinajstić information content (AvgIpc) is 2.81. The number of benzene rings is 1. The molecule has 1 aromatic rings. The molecule has 3 aliphatic rings. The Kier molecular flexibility index (Phi) is 8.98. The molecule has 0 N–H and O–H groups in total. The van der Waals surface area contributed by atoms with Gasteiger partial charge < -0.3 is 0 Å². The van der Waals surface area contributed by atoms with E-state index in [4.69, 9.17) is 0 Å². The zero-order valence-electron chi connectivity index (χ0n) is 20.8. The lowest BCUT2D eigenvalue weighted by Crippen LogP contribution is -2.30. The van der Waals surface area contributed by atoms with Crippen molar-refractivity contribution in [3.05, 3.63) is 34.9 Å². The second kappa shape index (κ2) is 11.9. The summed E-state index contributed by atoms with van der Waals surface area (Å²) in [5, 5.41) is 0. The molecule has 2 saturated carbocycles. The first-order chi connectivity index (χ1) is 15.3. The molecule has 1 aromatic carbocycles. The Bertz CT molecular complexity index is 658. The molecule has 5 atom stereocenters. The average molecular weight is 423 g/mol. The Morgan fingerprint density at radius 2 is 1.42 bits per heavy atom. The van der Waals surface area contributed by atoms with E-state index >= 15 is 0 Å². The molecule has 3 aliphatic carbocycles. The fourth-order valence-corrected chi connectivity index (χ4v) is 7.44. The van der Waals surface area contributed by atoms with Gasteiger partial charge in [-0.2, -0.15) is 0 Å². The van der Waals surface area contributed by atoms with Crippen LogP contribution < -0.4 is 0 Å². The van der Waals surface area contributed by atoms with Gasteiger partial charge in [0.2, 0.25) is 0 Å². The predicted octanol–water partition coefficient (Wildman–Crippen LogP) is 9.64. The van der Waals surface area contributed by atoms with Gasteiger partial charge in [-0.3, -0.25) is 0 Å². The molecule has 0 aromatic heterocycles. The molecule has 0 aliphatic heterocycles. The molecule has 5 unspecified atom stereocenters. The van der Waals surface area contributed by atoms with Crippen LogP contribution in [-0.2, 0) is 12.8 Å². The molecular formula is C31H50. The second-order valence-electron chi connectivity index (χ2n) is 11.7. The van der Waals surface area contributed by atoms with Gasteiger partial charge in [-0.25, -0.2) is 0 Å². The fraction of sp³-hybridized carbons (Fsp3) is 0.806. The van der Waals surface area contributed by atoms with Crippen LogP contribution in [0.15, 0.2) is 18.2 Å². The number of unbranched alkanes of at least 4 members (excludes halogenated alkanes) is 5. The fourth-order valence-electron chi connectivity index (χ4n) is 7.44. The molecule has 2 fully saturated rings. The lowest BCUT2D eigenvalue weighted by atomic mass is 9.63. The zero-order chi connectivity index (χ0) is 21.5. The van der Waals surface area contributed by atoms with Crippen LogP contribution in [0.1, 0.15) is 139 Å². The highest BCUT2D eigenvalue weighted by atomic mass is 14.4. The van der Waals surface area contributed by atoms with Crippen molar-refractivity contribution in [3.8, 4) is 0 Å². The standard InChI is InChI=1S/C31H50/c1-3-5-7-9-11-25-13-15-29-23-31(19-17-27(29)21-25)30-18-16-26-20-24(10-8-6-4-2)12-14-28(26)22-30/h16,18,22,24-25,27,29,31H,3-15,17,19-21,23H2,1-2H3. The normalized spacial score (nSPS) is 30.6. The maximum atomic E-state index is 2.65.